The van der Waals surface area contributed by atoms with Gasteiger partial charge < -0.3 is 10.3 Å². The van der Waals surface area contributed by atoms with Gasteiger partial charge in [-0.25, -0.2) is 4.39 Å². The Hall–Kier alpha value is -2.33. The Labute approximate surface area is 126 Å². The Balaban J connectivity index is 2.22. The quantitative estimate of drug-likeness (QED) is 0.747. The summed E-state index contributed by atoms with van der Waals surface area (Å²) < 4.78 is 19.3. The molecule has 0 amide bonds. The van der Waals surface area contributed by atoms with Gasteiger partial charge in [-0.1, -0.05) is 47.1 Å². The average Bonchev–Trinajstić information content (AvgIpc) is 2.84. The van der Waals surface area contributed by atoms with E-state index in [4.69, 9.17) is 21.9 Å². The van der Waals surface area contributed by atoms with Crippen LogP contribution in [0.4, 0.5) is 10.2 Å². The van der Waals surface area contributed by atoms with Crippen LogP contribution in [0.3, 0.4) is 0 Å². The Bertz CT molecular complexity index is 814. The maximum absolute atomic E-state index is 14.0. The fraction of sp³-hybridized carbons (Fsp3) is 0.0625. The Morgan fingerprint density at radius 2 is 1.95 bits per heavy atom. The summed E-state index contributed by atoms with van der Waals surface area (Å²) in [7, 11) is 0. The molecule has 0 bridgehead atoms. The number of benzene rings is 2. The number of halogens is 2. The van der Waals surface area contributed by atoms with E-state index < -0.39 is 0 Å². The van der Waals surface area contributed by atoms with Gasteiger partial charge in [0.25, 0.3) is 0 Å². The maximum atomic E-state index is 14.0. The van der Waals surface area contributed by atoms with Crippen molar-refractivity contribution in [3.8, 4) is 22.5 Å². The normalized spacial score (nSPS) is 10.8. The van der Waals surface area contributed by atoms with Gasteiger partial charge in [-0.3, -0.25) is 0 Å². The van der Waals surface area contributed by atoms with Crippen molar-refractivity contribution in [2.45, 2.75) is 6.92 Å². The van der Waals surface area contributed by atoms with Gasteiger partial charge in [-0.15, -0.1) is 0 Å². The molecule has 0 atom stereocenters. The van der Waals surface area contributed by atoms with Crippen LogP contribution in [0.2, 0.25) is 5.02 Å². The molecule has 0 saturated heterocycles. The summed E-state index contributed by atoms with van der Waals surface area (Å²) in [6.07, 6.45) is 0. The molecule has 1 heterocycles. The van der Waals surface area contributed by atoms with Crippen molar-refractivity contribution in [1.29, 1.82) is 0 Å². The van der Waals surface area contributed by atoms with Crippen molar-refractivity contribution in [3.63, 3.8) is 0 Å². The van der Waals surface area contributed by atoms with E-state index in [-0.39, 0.29) is 11.6 Å². The topological polar surface area (TPSA) is 52.0 Å². The van der Waals surface area contributed by atoms with E-state index in [2.05, 4.69) is 5.16 Å². The zero-order chi connectivity index (χ0) is 15.0. The van der Waals surface area contributed by atoms with E-state index >= 15 is 0 Å². The van der Waals surface area contributed by atoms with Crippen molar-refractivity contribution in [1.82, 2.24) is 5.16 Å². The monoisotopic (exact) mass is 302 g/mol. The van der Waals surface area contributed by atoms with Crippen molar-refractivity contribution in [2.75, 3.05) is 5.73 Å². The van der Waals surface area contributed by atoms with Gasteiger partial charge in [0.2, 0.25) is 0 Å². The highest BCUT2D eigenvalue weighted by molar-refractivity contribution is 6.31. The first kappa shape index (κ1) is 13.6. The fourth-order valence-corrected chi connectivity index (χ4v) is 2.34. The minimum Gasteiger partial charge on any atom is -0.380 e. The number of nitrogen functional groups attached to an aromatic ring is 1. The number of hydrogen-bond acceptors (Lipinski definition) is 3. The standard InChI is InChI=1S/C16H12ClFN2O/c1-9-6-7-10(8-12(9)17)15-14(16(19)20-21-15)11-4-2-3-5-13(11)18/h2-8H,1H3,(H2,19,20). The van der Waals surface area contributed by atoms with Crippen molar-refractivity contribution in [3.05, 3.63) is 58.9 Å². The SMILES string of the molecule is Cc1ccc(-c2onc(N)c2-c2ccccc2F)cc1Cl. The second kappa shape index (κ2) is 5.22. The highest BCUT2D eigenvalue weighted by Crippen LogP contribution is 2.38. The Morgan fingerprint density at radius 1 is 1.19 bits per heavy atom. The van der Waals surface area contributed by atoms with Crippen LogP contribution >= 0.6 is 11.6 Å². The Kier molecular flexibility index (Phi) is 3.39. The molecule has 0 unspecified atom stereocenters. The molecule has 0 spiro atoms. The smallest absolute Gasteiger partial charge is 0.177 e. The molecule has 2 aromatic carbocycles. The van der Waals surface area contributed by atoms with Gasteiger partial charge in [0.15, 0.2) is 11.6 Å². The highest BCUT2D eigenvalue weighted by Gasteiger charge is 2.20. The number of aryl methyl sites for hydroxylation is 1. The summed E-state index contributed by atoms with van der Waals surface area (Å²) in [4.78, 5) is 0. The Morgan fingerprint density at radius 3 is 2.67 bits per heavy atom. The lowest BCUT2D eigenvalue weighted by atomic mass is 10.0. The van der Waals surface area contributed by atoms with Gasteiger partial charge >= 0.3 is 0 Å². The molecule has 106 valence electrons. The fourth-order valence-electron chi connectivity index (χ4n) is 2.16. The first-order valence-corrected chi connectivity index (χ1v) is 6.72. The zero-order valence-electron chi connectivity index (χ0n) is 11.2. The van der Waals surface area contributed by atoms with Crippen LogP contribution in [0.15, 0.2) is 47.0 Å². The average molecular weight is 303 g/mol. The minimum atomic E-state index is -0.383. The third kappa shape index (κ3) is 2.38. The molecule has 21 heavy (non-hydrogen) atoms. The van der Waals surface area contributed by atoms with E-state index in [1.165, 1.54) is 6.07 Å². The largest absolute Gasteiger partial charge is 0.380 e. The molecule has 0 radical (unpaired) electrons. The number of nitrogens with zero attached hydrogens (tertiary/aromatic N) is 1. The van der Waals surface area contributed by atoms with Crippen LogP contribution in [0, 0.1) is 12.7 Å². The van der Waals surface area contributed by atoms with E-state index in [0.717, 1.165) is 5.56 Å². The van der Waals surface area contributed by atoms with Crippen LogP contribution in [-0.4, -0.2) is 5.16 Å². The molecule has 0 saturated carbocycles. The molecular weight excluding hydrogens is 291 g/mol. The summed E-state index contributed by atoms with van der Waals surface area (Å²) >= 11 is 6.13. The first-order chi connectivity index (χ1) is 10.1. The van der Waals surface area contributed by atoms with Gasteiger partial charge in [0.1, 0.15) is 5.82 Å². The summed E-state index contributed by atoms with van der Waals surface area (Å²) in [5, 5.41) is 4.35. The molecule has 0 aliphatic rings. The summed E-state index contributed by atoms with van der Waals surface area (Å²) in [6, 6.07) is 11.8. The van der Waals surface area contributed by atoms with Crippen LogP contribution in [0.5, 0.6) is 0 Å². The lowest BCUT2D eigenvalue weighted by Gasteiger charge is -2.05. The molecule has 3 aromatic rings. The molecule has 0 aliphatic carbocycles. The number of aromatic nitrogens is 1. The lowest BCUT2D eigenvalue weighted by molar-refractivity contribution is 0.436. The second-order valence-electron chi connectivity index (χ2n) is 4.72. The number of nitrogens with two attached hydrogens (primary N) is 1. The summed E-state index contributed by atoms with van der Waals surface area (Å²) in [5.74, 6) is 0.165. The predicted octanol–water partition coefficient (Wildman–Crippen LogP) is 4.69. The third-order valence-electron chi connectivity index (χ3n) is 3.30. The molecule has 0 fully saturated rings. The highest BCUT2D eigenvalue weighted by atomic mass is 35.5. The molecule has 3 rings (SSSR count). The molecule has 0 aliphatic heterocycles. The number of anilines is 1. The van der Waals surface area contributed by atoms with Crippen LogP contribution < -0.4 is 5.73 Å². The van der Waals surface area contributed by atoms with Crippen molar-refractivity contribution < 1.29 is 8.91 Å². The maximum Gasteiger partial charge on any atom is 0.177 e. The first-order valence-electron chi connectivity index (χ1n) is 6.34. The van der Waals surface area contributed by atoms with E-state index in [1.807, 2.05) is 19.1 Å². The molecule has 3 nitrogen and oxygen atoms in total. The third-order valence-corrected chi connectivity index (χ3v) is 3.70. The van der Waals surface area contributed by atoms with Gasteiger partial charge in [-0.2, -0.15) is 0 Å². The van der Waals surface area contributed by atoms with Crippen LogP contribution in [0.25, 0.3) is 22.5 Å². The molecule has 5 heteroatoms. The molecule has 2 N–H and O–H groups in total. The van der Waals surface area contributed by atoms with Crippen LogP contribution in [0.1, 0.15) is 5.56 Å². The van der Waals surface area contributed by atoms with Gasteiger partial charge in [0, 0.05) is 16.1 Å². The van der Waals surface area contributed by atoms with Gasteiger partial charge in [-0.05, 0) is 24.6 Å². The number of rotatable bonds is 2. The molecule has 1 aromatic heterocycles. The predicted molar refractivity (Wildman–Crippen MR) is 81.5 cm³/mol. The van der Waals surface area contributed by atoms with E-state index in [0.29, 0.717) is 27.5 Å². The van der Waals surface area contributed by atoms with Crippen LogP contribution in [-0.2, 0) is 0 Å². The molecular formula is C16H12ClFN2O. The summed E-state index contributed by atoms with van der Waals surface area (Å²) in [6.45, 7) is 1.90. The van der Waals surface area contributed by atoms with Crippen molar-refractivity contribution >= 4 is 17.4 Å². The van der Waals surface area contributed by atoms with E-state index in [9.17, 15) is 4.39 Å². The lowest BCUT2D eigenvalue weighted by Crippen LogP contribution is -1.91. The second-order valence-corrected chi connectivity index (χ2v) is 5.12. The number of hydrogen-bond donors (Lipinski definition) is 1. The zero-order valence-corrected chi connectivity index (χ0v) is 12.0. The minimum absolute atomic E-state index is 0.145. The van der Waals surface area contributed by atoms with E-state index in [1.54, 1.807) is 24.3 Å². The van der Waals surface area contributed by atoms with Gasteiger partial charge in [0.05, 0.1) is 5.56 Å². The van der Waals surface area contributed by atoms with Crippen molar-refractivity contribution in [2.24, 2.45) is 0 Å². The summed E-state index contributed by atoms with van der Waals surface area (Å²) in [5.41, 5.74) is 8.28.